The van der Waals surface area contributed by atoms with Gasteiger partial charge in [-0.2, -0.15) is 0 Å². The van der Waals surface area contributed by atoms with Gasteiger partial charge >= 0.3 is 0 Å². The van der Waals surface area contributed by atoms with E-state index < -0.39 is 0 Å². The Balaban J connectivity index is 3.46. The summed E-state index contributed by atoms with van der Waals surface area (Å²) < 4.78 is 5.44. The molecule has 2 radical (unpaired) electrons. The van der Waals surface area contributed by atoms with Gasteiger partial charge in [-0.05, 0) is 6.92 Å². The van der Waals surface area contributed by atoms with Crippen LogP contribution in [0.1, 0.15) is 6.92 Å². The second-order valence-corrected chi connectivity index (χ2v) is 3.31. The molecular weight excluding hydrogens is 141 g/mol. The normalized spacial score (nSPS) is 11.3. The molecule has 0 fully saturated rings. The van der Waals surface area contributed by atoms with E-state index in [4.69, 9.17) is 4.74 Å². The summed E-state index contributed by atoms with van der Waals surface area (Å²) in [6.07, 6.45) is 0.386. The van der Waals surface area contributed by atoms with Gasteiger partial charge in [0.1, 0.15) is 0 Å². The first-order valence-corrected chi connectivity index (χ1v) is 3.77. The highest BCUT2D eigenvalue weighted by atomic mass is 16.5. The Hall–Kier alpha value is -0.505. The fourth-order valence-corrected chi connectivity index (χ4v) is 0.568. The maximum Gasteiger partial charge on any atom is 0.270 e. The van der Waals surface area contributed by atoms with E-state index in [1.165, 1.54) is 0 Å². The molecule has 0 aromatic rings. The molecule has 0 heterocycles. The van der Waals surface area contributed by atoms with Crippen molar-refractivity contribution < 1.29 is 13.9 Å². The molecule has 0 saturated carbocycles. The summed E-state index contributed by atoms with van der Waals surface area (Å²) in [5.74, 6) is -0.152. The maximum absolute atomic E-state index is 10.8. The van der Waals surface area contributed by atoms with Gasteiger partial charge in [0.25, 0.3) is 5.97 Å². The van der Waals surface area contributed by atoms with E-state index >= 15 is 0 Å². The van der Waals surface area contributed by atoms with Crippen molar-refractivity contribution in [1.29, 1.82) is 0 Å². The molecule has 0 spiro atoms. The zero-order valence-corrected chi connectivity index (χ0v) is 7.76. The number of hydrogen-bond acceptors (Lipinski definition) is 2. The summed E-state index contributed by atoms with van der Waals surface area (Å²) in [5, 5.41) is 0. The Morgan fingerprint density at radius 2 is 2.00 bits per heavy atom. The molecule has 0 bridgehead atoms. The Bertz CT molecular complexity index is 131. The maximum atomic E-state index is 10.8. The van der Waals surface area contributed by atoms with Crippen LogP contribution in [-0.4, -0.2) is 45.5 Å². The number of nitrogens with zero attached hydrogens (tertiary/aromatic N) is 1. The van der Waals surface area contributed by atoms with E-state index in [-0.39, 0.29) is 5.97 Å². The smallest absolute Gasteiger partial charge is 0.270 e. The van der Waals surface area contributed by atoms with Crippen LogP contribution in [0.15, 0.2) is 0 Å². The van der Waals surface area contributed by atoms with Crippen LogP contribution in [0, 0.1) is 0 Å². The van der Waals surface area contributed by atoms with Crippen molar-refractivity contribution in [3.63, 3.8) is 0 Å². The third-order valence-corrected chi connectivity index (χ3v) is 1.11. The van der Waals surface area contributed by atoms with Crippen LogP contribution in [0.5, 0.6) is 0 Å². The van der Waals surface area contributed by atoms with Gasteiger partial charge in [0.05, 0.1) is 6.61 Å². The van der Waals surface area contributed by atoms with E-state index in [2.05, 4.69) is 0 Å². The zero-order chi connectivity index (χ0) is 8.91. The summed E-state index contributed by atoms with van der Waals surface area (Å²) in [6, 6.07) is 0. The molecule has 0 aliphatic heterocycles. The minimum absolute atomic E-state index is 0.152. The first kappa shape index (κ1) is 10.5. The highest BCUT2D eigenvalue weighted by Gasteiger charge is 2.00. The minimum atomic E-state index is -0.152. The number of carbonyl (C=O) groups excluding carboxylic acids is 1. The Labute approximate surface area is 69.2 Å². The number of hydrogen-bond donors (Lipinski definition) is 0. The van der Waals surface area contributed by atoms with E-state index in [1.54, 1.807) is 0 Å². The average Bonchev–Trinajstić information content (AvgIpc) is 1.83. The summed E-state index contributed by atoms with van der Waals surface area (Å²) in [5.41, 5.74) is 0. The van der Waals surface area contributed by atoms with Crippen LogP contribution >= 0.6 is 0 Å². The topological polar surface area (TPSA) is 26.3 Å². The molecular formula is C7H16BNO2. The molecule has 3 nitrogen and oxygen atoms in total. The molecule has 0 atom stereocenters. The Morgan fingerprint density at radius 3 is 2.36 bits per heavy atom. The second-order valence-electron chi connectivity index (χ2n) is 3.31. The summed E-state index contributed by atoms with van der Waals surface area (Å²) in [4.78, 5) is 10.8. The van der Waals surface area contributed by atoms with Crippen molar-refractivity contribution in [1.82, 2.24) is 0 Å². The van der Waals surface area contributed by atoms with Crippen molar-refractivity contribution in [3.8, 4) is 0 Å². The minimum Gasteiger partial charge on any atom is -0.567 e. The van der Waals surface area contributed by atoms with E-state index in [1.807, 2.05) is 35.5 Å². The largest absolute Gasteiger partial charge is 0.567 e. The first-order valence-electron chi connectivity index (χ1n) is 3.77. The first-order chi connectivity index (χ1) is 4.95. The highest BCUT2D eigenvalue weighted by molar-refractivity contribution is 6.32. The van der Waals surface area contributed by atoms with Crippen molar-refractivity contribution in [2.75, 3.05) is 27.7 Å². The van der Waals surface area contributed by atoms with Crippen LogP contribution in [0.3, 0.4) is 0 Å². The molecule has 4 heteroatoms. The number of quaternary nitrogens is 1. The molecule has 64 valence electrons. The quantitative estimate of drug-likeness (QED) is 0.433. The van der Waals surface area contributed by atoms with E-state index in [0.717, 1.165) is 0 Å². The lowest BCUT2D eigenvalue weighted by Gasteiger charge is -2.37. The van der Waals surface area contributed by atoms with Crippen LogP contribution in [-0.2, 0) is 9.53 Å². The van der Waals surface area contributed by atoms with Gasteiger partial charge in [-0.3, -0.25) is 4.79 Å². The molecule has 0 aliphatic rings. The molecule has 0 aliphatic carbocycles. The molecule has 0 aromatic carbocycles. The van der Waals surface area contributed by atoms with Crippen molar-refractivity contribution in [2.45, 2.75) is 13.2 Å². The van der Waals surface area contributed by atoms with Crippen LogP contribution < -0.4 is 0 Å². The van der Waals surface area contributed by atoms with Gasteiger partial charge in [0, 0.05) is 28.6 Å². The van der Waals surface area contributed by atoms with E-state index in [9.17, 15) is 4.79 Å². The molecule has 11 heavy (non-hydrogen) atoms. The zero-order valence-electron chi connectivity index (χ0n) is 7.76. The van der Waals surface area contributed by atoms with Crippen molar-refractivity contribution >= 4 is 13.4 Å². The molecule has 0 saturated heterocycles. The number of esters is 1. The van der Waals surface area contributed by atoms with Gasteiger partial charge in [-0.1, -0.05) is 6.32 Å². The molecule has 0 rings (SSSR count). The monoisotopic (exact) mass is 157 g/mol. The van der Waals surface area contributed by atoms with Gasteiger partial charge in [0.2, 0.25) is 0 Å². The second kappa shape index (κ2) is 4.39. The van der Waals surface area contributed by atoms with Crippen LogP contribution in [0.2, 0.25) is 6.32 Å². The van der Waals surface area contributed by atoms with E-state index in [0.29, 0.717) is 17.3 Å². The predicted octanol–water partition coefficient (Wildman–Crippen LogP) is 0.293. The third kappa shape index (κ3) is 7.39. The van der Waals surface area contributed by atoms with Crippen LogP contribution in [0.4, 0.5) is 0 Å². The highest BCUT2D eigenvalue weighted by Crippen LogP contribution is 1.93. The lowest BCUT2D eigenvalue weighted by Crippen LogP contribution is -2.39. The summed E-state index contributed by atoms with van der Waals surface area (Å²) in [7, 11) is 7.90. The molecule has 0 aromatic heterocycles. The van der Waals surface area contributed by atoms with Gasteiger partial charge in [-0.25, -0.2) is 0 Å². The van der Waals surface area contributed by atoms with Gasteiger partial charge in [-0.15, -0.1) is 0 Å². The van der Waals surface area contributed by atoms with Crippen molar-refractivity contribution in [2.24, 2.45) is 0 Å². The van der Waals surface area contributed by atoms with Crippen molar-refractivity contribution in [3.05, 3.63) is 0 Å². The summed E-state index contributed by atoms with van der Waals surface area (Å²) in [6.45, 7) is 2.27. The fraction of sp³-hybridized carbons (Fsp3) is 0.857. The lowest BCUT2D eigenvalue weighted by atomic mass is 9.84. The SMILES string of the molecule is CCOC(=O)C[B-][N+](C)(C)C. The molecule has 0 unspecified atom stereocenters. The Kier molecular flexibility index (Phi) is 4.19. The number of carbonyl (C=O) groups is 1. The Morgan fingerprint density at radius 1 is 1.45 bits per heavy atom. The number of ether oxygens (including phenoxy) is 1. The van der Waals surface area contributed by atoms with Crippen LogP contribution in [0.25, 0.3) is 0 Å². The molecule has 0 N–H and O–H groups in total. The average molecular weight is 157 g/mol. The summed E-state index contributed by atoms with van der Waals surface area (Å²) >= 11 is 0. The van der Waals surface area contributed by atoms with Gasteiger partial charge in [0.15, 0.2) is 0 Å². The van der Waals surface area contributed by atoms with Gasteiger partial charge < -0.3 is 9.13 Å². The molecule has 0 amide bonds. The third-order valence-electron chi connectivity index (χ3n) is 1.11. The lowest BCUT2D eigenvalue weighted by molar-refractivity contribution is -0.755. The fourth-order valence-electron chi connectivity index (χ4n) is 0.568. The predicted molar refractivity (Wildman–Crippen MR) is 45.2 cm³/mol. The standard InChI is InChI=1S/C7H16BNO2/c1-5-11-7(10)6-8-9(2,3)4/h5-6H2,1-4H3. The number of rotatable bonds is 4.